The minimum Gasteiger partial charge on any atom is -0.372 e. The van der Waals surface area contributed by atoms with E-state index in [0.29, 0.717) is 5.91 Å². The zero-order valence-corrected chi connectivity index (χ0v) is 8.82. The summed E-state index contributed by atoms with van der Waals surface area (Å²) in [7, 11) is 0. The van der Waals surface area contributed by atoms with Gasteiger partial charge >= 0.3 is 0 Å². The second kappa shape index (κ2) is 3.87. The average molecular weight is 198 g/mol. The number of rotatable bonds is 1. The molecule has 2 saturated heterocycles. The summed E-state index contributed by atoms with van der Waals surface area (Å²) in [6.07, 6.45) is 0.353. The Morgan fingerprint density at radius 2 is 1.86 bits per heavy atom. The van der Waals surface area contributed by atoms with E-state index in [4.69, 9.17) is 4.74 Å². The van der Waals surface area contributed by atoms with Crippen molar-refractivity contribution in [1.82, 2.24) is 10.2 Å². The number of hydrogen-bond acceptors (Lipinski definition) is 3. The molecule has 0 aliphatic carbocycles. The van der Waals surface area contributed by atoms with Crippen LogP contribution in [0.25, 0.3) is 0 Å². The largest absolute Gasteiger partial charge is 0.372 e. The molecule has 0 aromatic heterocycles. The zero-order valence-electron chi connectivity index (χ0n) is 8.82. The van der Waals surface area contributed by atoms with E-state index in [-0.39, 0.29) is 18.1 Å². The molecular weight excluding hydrogens is 180 g/mol. The molecule has 14 heavy (non-hydrogen) atoms. The molecule has 0 aromatic carbocycles. The fourth-order valence-corrected chi connectivity index (χ4v) is 2.08. The number of nitrogens with one attached hydrogen (secondary N) is 1. The van der Waals surface area contributed by atoms with Crippen LogP contribution in [0.3, 0.4) is 0 Å². The second-order valence-electron chi connectivity index (χ2n) is 4.36. The molecule has 0 unspecified atom stereocenters. The standard InChI is InChI=1S/C10H18N2O2/c1-7-5-12(6-8(2)14-7)10(13)9-3-11-4-9/h7-9,11H,3-6H2,1-2H3/t7-,8-/m0/s1. The summed E-state index contributed by atoms with van der Waals surface area (Å²) in [6, 6.07) is 0. The third-order valence-electron chi connectivity index (χ3n) is 2.86. The summed E-state index contributed by atoms with van der Waals surface area (Å²) in [4.78, 5) is 13.9. The van der Waals surface area contributed by atoms with Gasteiger partial charge in [-0.15, -0.1) is 0 Å². The molecule has 1 amide bonds. The van der Waals surface area contributed by atoms with E-state index in [0.717, 1.165) is 26.2 Å². The molecule has 2 heterocycles. The number of carbonyl (C=O) groups excluding carboxylic acids is 1. The Labute approximate surface area is 84.6 Å². The summed E-state index contributed by atoms with van der Waals surface area (Å²) in [5.41, 5.74) is 0. The maximum Gasteiger partial charge on any atom is 0.228 e. The Hall–Kier alpha value is -0.610. The minimum atomic E-state index is 0.177. The Morgan fingerprint density at radius 3 is 2.29 bits per heavy atom. The lowest BCUT2D eigenvalue weighted by Gasteiger charge is -2.39. The van der Waals surface area contributed by atoms with Crippen LogP contribution in [0.5, 0.6) is 0 Å². The maximum absolute atomic E-state index is 11.9. The zero-order chi connectivity index (χ0) is 10.1. The average Bonchev–Trinajstić information content (AvgIpc) is 1.98. The van der Waals surface area contributed by atoms with Crippen LogP contribution in [0.1, 0.15) is 13.8 Å². The molecule has 80 valence electrons. The Balaban J connectivity index is 1.92. The van der Waals surface area contributed by atoms with Gasteiger partial charge in [-0.25, -0.2) is 0 Å². The van der Waals surface area contributed by atoms with Crippen molar-refractivity contribution in [3.05, 3.63) is 0 Å². The highest BCUT2D eigenvalue weighted by molar-refractivity contribution is 5.80. The lowest BCUT2D eigenvalue weighted by molar-refractivity contribution is -0.148. The van der Waals surface area contributed by atoms with Crippen LogP contribution in [0.2, 0.25) is 0 Å². The van der Waals surface area contributed by atoms with Crippen molar-refractivity contribution >= 4 is 5.91 Å². The third-order valence-corrected chi connectivity index (χ3v) is 2.86. The number of ether oxygens (including phenoxy) is 1. The van der Waals surface area contributed by atoms with E-state index in [1.807, 2.05) is 18.7 Å². The molecule has 0 bridgehead atoms. The first-order valence-corrected chi connectivity index (χ1v) is 5.32. The highest BCUT2D eigenvalue weighted by Crippen LogP contribution is 2.15. The molecule has 0 saturated carbocycles. The van der Waals surface area contributed by atoms with Crippen LogP contribution < -0.4 is 5.32 Å². The first kappa shape index (κ1) is 9.93. The molecule has 2 atom stereocenters. The Morgan fingerprint density at radius 1 is 1.29 bits per heavy atom. The number of hydrogen-bond donors (Lipinski definition) is 1. The van der Waals surface area contributed by atoms with E-state index in [9.17, 15) is 4.79 Å². The van der Waals surface area contributed by atoms with Gasteiger partial charge in [0.1, 0.15) is 0 Å². The molecule has 1 N–H and O–H groups in total. The van der Waals surface area contributed by atoms with E-state index in [2.05, 4.69) is 5.32 Å². The Bertz CT molecular complexity index is 218. The SMILES string of the molecule is C[C@H]1CN(C(=O)C2CNC2)C[C@H](C)O1. The van der Waals surface area contributed by atoms with Gasteiger partial charge in [0.15, 0.2) is 0 Å². The van der Waals surface area contributed by atoms with Gasteiger partial charge in [-0.05, 0) is 13.8 Å². The van der Waals surface area contributed by atoms with E-state index in [1.165, 1.54) is 0 Å². The molecular formula is C10H18N2O2. The molecule has 2 rings (SSSR count). The van der Waals surface area contributed by atoms with Gasteiger partial charge in [-0.2, -0.15) is 0 Å². The van der Waals surface area contributed by atoms with Gasteiger partial charge in [0.25, 0.3) is 0 Å². The number of amides is 1. The first-order valence-electron chi connectivity index (χ1n) is 5.32. The number of morpholine rings is 1. The van der Waals surface area contributed by atoms with Crippen molar-refractivity contribution in [2.24, 2.45) is 5.92 Å². The van der Waals surface area contributed by atoms with Gasteiger partial charge in [-0.1, -0.05) is 0 Å². The van der Waals surface area contributed by atoms with Gasteiger partial charge in [0, 0.05) is 26.2 Å². The summed E-state index contributed by atoms with van der Waals surface area (Å²) in [5.74, 6) is 0.512. The topological polar surface area (TPSA) is 41.6 Å². The molecule has 2 aliphatic heterocycles. The summed E-state index contributed by atoms with van der Waals surface area (Å²) >= 11 is 0. The smallest absolute Gasteiger partial charge is 0.228 e. The fraction of sp³-hybridized carbons (Fsp3) is 0.900. The monoisotopic (exact) mass is 198 g/mol. The van der Waals surface area contributed by atoms with Crippen molar-refractivity contribution in [2.75, 3.05) is 26.2 Å². The second-order valence-corrected chi connectivity index (χ2v) is 4.36. The van der Waals surface area contributed by atoms with Gasteiger partial charge in [-0.3, -0.25) is 4.79 Å². The molecule has 4 heteroatoms. The molecule has 4 nitrogen and oxygen atoms in total. The van der Waals surface area contributed by atoms with Crippen molar-refractivity contribution in [3.8, 4) is 0 Å². The minimum absolute atomic E-state index is 0.177. The summed E-state index contributed by atoms with van der Waals surface area (Å²) in [5, 5.41) is 3.12. The predicted octanol–water partition coefficient (Wildman–Crippen LogP) is -0.158. The van der Waals surface area contributed by atoms with Gasteiger partial charge < -0.3 is 15.0 Å². The normalized spacial score (nSPS) is 34.0. The molecule has 0 aromatic rings. The van der Waals surface area contributed by atoms with Crippen molar-refractivity contribution in [3.63, 3.8) is 0 Å². The molecule has 0 radical (unpaired) electrons. The van der Waals surface area contributed by atoms with E-state index < -0.39 is 0 Å². The van der Waals surface area contributed by atoms with Crippen LogP contribution >= 0.6 is 0 Å². The Kier molecular flexibility index (Phi) is 2.74. The molecule has 0 spiro atoms. The van der Waals surface area contributed by atoms with Crippen LogP contribution in [0.4, 0.5) is 0 Å². The van der Waals surface area contributed by atoms with Gasteiger partial charge in [0.2, 0.25) is 5.91 Å². The van der Waals surface area contributed by atoms with Crippen molar-refractivity contribution in [1.29, 1.82) is 0 Å². The van der Waals surface area contributed by atoms with Crippen LogP contribution in [-0.2, 0) is 9.53 Å². The van der Waals surface area contributed by atoms with Gasteiger partial charge in [0.05, 0.1) is 18.1 Å². The van der Waals surface area contributed by atoms with Crippen molar-refractivity contribution in [2.45, 2.75) is 26.1 Å². The first-order chi connectivity index (χ1) is 6.66. The summed E-state index contributed by atoms with van der Waals surface area (Å²) in [6.45, 7) is 7.24. The number of nitrogens with zero attached hydrogens (tertiary/aromatic N) is 1. The van der Waals surface area contributed by atoms with E-state index >= 15 is 0 Å². The third kappa shape index (κ3) is 1.91. The molecule has 2 aliphatic rings. The highest BCUT2D eigenvalue weighted by Gasteiger charge is 2.33. The van der Waals surface area contributed by atoms with Crippen LogP contribution in [-0.4, -0.2) is 49.2 Å². The maximum atomic E-state index is 11.9. The van der Waals surface area contributed by atoms with E-state index in [1.54, 1.807) is 0 Å². The quantitative estimate of drug-likeness (QED) is 0.636. The van der Waals surface area contributed by atoms with Crippen LogP contribution in [0, 0.1) is 5.92 Å². The van der Waals surface area contributed by atoms with Crippen LogP contribution in [0.15, 0.2) is 0 Å². The fourth-order valence-electron chi connectivity index (χ4n) is 2.08. The molecule has 2 fully saturated rings. The summed E-state index contributed by atoms with van der Waals surface area (Å²) < 4.78 is 5.59. The lowest BCUT2D eigenvalue weighted by atomic mass is 10.0. The predicted molar refractivity (Wildman–Crippen MR) is 52.9 cm³/mol. The highest BCUT2D eigenvalue weighted by atomic mass is 16.5. The van der Waals surface area contributed by atoms with Crippen molar-refractivity contribution < 1.29 is 9.53 Å². The number of carbonyl (C=O) groups is 1. The lowest BCUT2D eigenvalue weighted by Crippen LogP contribution is -2.56.